The van der Waals surface area contributed by atoms with Crippen molar-refractivity contribution >= 4 is 11.8 Å². The Bertz CT molecular complexity index is 707. The van der Waals surface area contributed by atoms with E-state index in [-0.39, 0.29) is 0 Å². The van der Waals surface area contributed by atoms with Crippen LogP contribution in [-0.2, 0) is 15.2 Å². The SMILES string of the molecule is Cc1ccc(C(O)(c2ccc(C)cc2)[C@H](C)C(C(N)=O)C(N)=O)cc1. The number of benzene rings is 2. The van der Waals surface area contributed by atoms with Crippen molar-refractivity contribution in [3.63, 3.8) is 0 Å². The van der Waals surface area contributed by atoms with Crippen molar-refractivity contribution in [2.24, 2.45) is 23.3 Å². The molecule has 0 spiro atoms. The first-order valence-electron chi connectivity index (χ1n) is 8.13. The molecular weight excluding hydrogens is 316 g/mol. The maximum absolute atomic E-state index is 11.8. The van der Waals surface area contributed by atoms with Crippen molar-refractivity contribution in [1.29, 1.82) is 0 Å². The monoisotopic (exact) mass is 340 g/mol. The summed E-state index contributed by atoms with van der Waals surface area (Å²) in [6.45, 7) is 5.49. The van der Waals surface area contributed by atoms with E-state index in [0.29, 0.717) is 11.1 Å². The Hall–Kier alpha value is -2.66. The van der Waals surface area contributed by atoms with E-state index in [0.717, 1.165) is 11.1 Å². The lowest BCUT2D eigenvalue weighted by atomic mass is 9.70. The van der Waals surface area contributed by atoms with Gasteiger partial charge >= 0.3 is 0 Å². The molecule has 132 valence electrons. The molecule has 0 radical (unpaired) electrons. The third kappa shape index (κ3) is 3.56. The van der Waals surface area contributed by atoms with Gasteiger partial charge in [0.05, 0.1) is 0 Å². The lowest BCUT2D eigenvalue weighted by Gasteiger charge is -2.38. The van der Waals surface area contributed by atoms with Crippen LogP contribution in [0.2, 0.25) is 0 Å². The highest BCUT2D eigenvalue weighted by molar-refractivity contribution is 5.99. The van der Waals surface area contributed by atoms with Gasteiger partial charge in [0, 0.05) is 5.92 Å². The van der Waals surface area contributed by atoms with Crippen LogP contribution in [-0.4, -0.2) is 16.9 Å². The Morgan fingerprint density at radius 1 is 0.840 bits per heavy atom. The summed E-state index contributed by atoms with van der Waals surface area (Å²) in [5.41, 5.74) is 12.4. The number of nitrogens with two attached hydrogens (primary N) is 2. The van der Waals surface area contributed by atoms with E-state index in [2.05, 4.69) is 0 Å². The van der Waals surface area contributed by atoms with Crippen LogP contribution in [0, 0.1) is 25.7 Å². The second-order valence-electron chi connectivity index (χ2n) is 6.57. The van der Waals surface area contributed by atoms with Gasteiger partial charge in [0.25, 0.3) is 0 Å². The van der Waals surface area contributed by atoms with Crippen LogP contribution < -0.4 is 11.5 Å². The van der Waals surface area contributed by atoms with Gasteiger partial charge in [-0.25, -0.2) is 0 Å². The number of primary amides is 2. The summed E-state index contributed by atoms with van der Waals surface area (Å²) in [7, 11) is 0. The summed E-state index contributed by atoms with van der Waals surface area (Å²) in [4.78, 5) is 23.6. The highest BCUT2D eigenvalue weighted by atomic mass is 16.3. The molecule has 0 aliphatic carbocycles. The minimum atomic E-state index is -1.59. The average Bonchev–Trinajstić information content (AvgIpc) is 2.54. The molecule has 2 aromatic rings. The Labute approximate surface area is 147 Å². The van der Waals surface area contributed by atoms with E-state index >= 15 is 0 Å². The molecule has 0 aliphatic heterocycles. The number of carbonyl (C=O) groups is 2. The van der Waals surface area contributed by atoms with Crippen molar-refractivity contribution in [3.05, 3.63) is 70.8 Å². The van der Waals surface area contributed by atoms with E-state index in [1.807, 2.05) is 38.1 Å². The highest BCUT2D eigenvalue weighted by Crippen LogP contribution is 2.40. The van der Waals surface area contributed by atoms with Gasteiger partial charge in [-0.3, -0.25) is 9.59 Å². The Kier molecular flexibility index (Phi) is 5.28. The van der Waals surface area contributed by atoms with Crippen molar-refractivity contribution < 1.29 is 14.7 Å². The molecule has 1 atom stereocenters. The second-order valence-corrected chi connectivity index (χ2v) is 6.57. The van der Waals surface area contributed by atoms with Crippen LogP contribution in [0.4, 0.5) is 0 Å². The molecule has 5 heteroatoms. The van der Waals surface area contributed by atoms with Crippen molar-refractivity contribution in [1.82, 2.24) is 0 Å². The molecule has 0 bridgehead atoms. The molecule has 0 heterocycles. The van der Waals surface area contributed by atoms with E-state index in [4.69, 9.17) is 11.5 Å². The van der Waals surface area contributed by atoms with Gasteiger partial charge in [-0.05, 0) is 25.0 Å². The number of hydrogen-bond donors (Lipinski definition) is 3. The predicted molar refractivity (Wildman–Crippen MR) is 96.4 cm³/mol. The first kappa shape index (κ1) is 18.7. The van der Waals surface area contributed by atoms with Gasteiger partial charge in [-0.15, -0.1) is 0 Å². The van der Waals surface area contributed by atoms with Crippen LogP contribution in [0.1, 0.15) is 29.2 Å². The molecule has 25 heavy (non-hydrogen) atoms. The van der Waals surface area contributed by atoms with E-state index < -0.39 is 29.3 Å². The molecule has 0 saturated carbocycles. The number of aliphatic hydroxyl groups is 1. The standard InChI is InChI=1S/C20H24N2O3/c1-12-4-8-15(9-5-12)20(25,16-10-6-13(2)7-11-16)14(3)17(18(21)23)19(22)24/h4-11,14,17,25H,1-3H3,(H2,21,23)(H2,22,24)/t14-/m1/s1. The average molecular weight is 340 g/mol. The fourth-order valence-electron chi connectivity index (χ4n) is 3.18. The van der Waals surface area contributed by atoms with Gasteiger partial charge in [0.2, 0.25) is 11.8 Å². The third-order valence-electron chi connectivity index (χ3n) is 4.76. The summed E-state index contributed by atoms with van der Waals surface area (Å²) in [5, 5.41) is 11.7. The third-order valence-corrected chi connectivity index (χ3v) is 4.76. The van der Waals surface area contributed by atoms with E-state index in [9.17, 15) is 14.7 Å². The predicted octanol–water partition coefficient (Wildman–Crippen LogP) is 1.76. The maximum atomic E-state index is 11.8. The molecule has 0 fully saturated rings. The lowest BCUT2D eigenvalue weighted by Crippen LogP contribution is -2.48. The molecule has 0 unspecified atom stereocenters. The molecule has 5 nitrogen and oxygen atoms in total. The zero-order valence-corrected chi connectivity index (χ0v) is 14.7. The molecule has 2 rings (SSSR count). The lowest BCUT2D eigenvalue weighted by molar-refractivity contribution is -0.138. The largest absolute Gasteiger partial charge is 0.380 e. The molecule has 2 amide bonds. The molecular formula is C20H24N2O3. The molecule has 2 aromatic carbocycles. The van der Waals surface area contributed by atoms with Gasteiger partial charge in [-0.1, -0.05) is 66.6 Å². The first-order valence-corrected chi connectivity index (χ1v) is 8.13. The topological polar surface area (TPSA) is 106 Å². The van der Waals surface area contributed by atoms with Crippen molar-refractivity contribution in [2.75, 3.05) is 0 Å². The minimum absolute atomic E-state index is 0.571. The van der Waals surface area contributed by atoms with Gasteiger partial charge in [0.15, 0.2) is 0 Å². The van der Waals surface area contributed by atoms with Gasteiger partial charge < -0.3 is 16.6 Å². The number of rotatable bonds is 6. The highest BCUT2D eigenvalue weighted by Gasteiger charge is 2.45. The molecule has 5 N–H and O–H groups in total. The quantitative estimate of drug-likeness (QED) is 0.698. The summed E-state index contributed by atoms with van der Waals surface area (Å²) in [6.07, 6.45) is 0. The molecule has 0 aromatic heterocycles. The molecule has 0 saturated heterocycles. The summed E-state index contributed by atoms with van der Waals surface area (Å²) >= 11 is 0. The Morgan fingerprint density at radius 3 is 1.44 bits per heavy atom. The van der Waals surface area contributed by atoms with Crippen LogP contribution in [0.5, 0.6) is 0 Å². The number of aryl methyl sites for hydroxylation is 2. The van der Waals surface area contributed by atoms with E-state index in [1.54, 1.807) is 31.2 Å². The fourth-order valence-corrected chi connectivity index (χ4v) is 3.18. The number of carbonyl (C=O) groups excluding carboxylic acids is 2. The van der Waals surface area contributed by atoms with Gasteiger partial charge in [-0.2, -0.15) is 0 Å². The summed E-state index contributed by atoms with van der Waals surface area (Å²) in [6, 6.07) is 14.6. The smallest absolute Gasteiger partial charge is 0.230 e. The Balaban J connectivity index is 2.66. The Morgan fingerprint density at radius 2 is 1.16 bits per heavy atom. The van der Waals surface area contributed by atoms with Crippen LogP contribution >= 0.6 is 0 Å². The fraction of sp³-hybridized carbons (Fsp3) is 0.300. The molecule has 0 aliphatic rings. The number of hydrogen-bond acceptors (Lipinski definition) is 3. The second kappa shape index (κ2) is 7.07. The zero-order valence-electron chi connectivity index (χ0n) is 14.7. The van der Waals surface area contributed by atoms with Crippen LogP contribution in [0.3, 0.4) is 0 Å². The maximum Gasteiger partial charge on any atom is 0.230 e. The normalized spacial score (nSPS) is 12.8. The van der Waals surface area contributed by atoms with Gasteiger partial charge in [0.1, 0.15) is 11.5 Å². The van der Waals surface area contributed by atoms with E-state index in [1.165, 1.54) is 0 Å². The minimum Gasteiger partial charge on any atom is -0.380 e. The van der Waals surface area contributed by atoms with Crippen LogP contribution in [0.25, 0.3) is 0 Å². The first-order chi connectivity index (χ1) is 11.7. The summed E-state index contributed by atoms with van der Waals surface area (Å²) < 4.78 is 0. The number of amides is 2. The van der Waals surface area contributed by atoms with Crippen molar-refractivity contribution in [2.45, 2.75) is 26.4 Å². The zero-order chi connectivity index (χ0) is 18.8. The van der Waals surface area contributed by atoms with Crippen molar-refractivity contribution in [3.8, 4) is 0 Å². The van der Waals surface area contributed by atoms with Crippen LogP contribution in [0.15, 0.2) is 48.5 Å². The summed E-state index contributed by atoms with van der Waals surface area (Å²) in [5.74, 6) is -3.84.